The molecule has 1 aliphatic rings. The van der Waals surface area contributed by atoms with Gasteiger partial charge in [0.25, 0.3) is 0 Å². The number of amides is 1. The van der Waals surface area contributed by atoms with E-state index in [4.69, 9.17) is 14.2 Å². The normalized spacial score (nSPS) is 17.2. The number of hydrogen-bond donors (Lipinski definition) is 1. The summed E-state index contributed by atoms with van der Waals surface area (Å²) in [5.74, 6) is 0.0638. The minimum absolute atomic E-state index is 0.0577. The third kappa shape index (κ3) is 5.89. The highest BCUT2D eigenvalue weighted by Crippen LogP contribution is 2.31. The number of carbonyl (C=O) groups is 1. The molecule has 1 unspecified atom stereocenters. The van der Waals surface area contributed by atoms with Crippen LogP contribution in [0.2, 0.25) is 0 Å². The summed E-state index contributed by atoms with van der Waals surface area (Å²) in [5, 5.41) is 1.67. The number of hydrogen-bond acceptors (Lipinski definition) is 5. The second-order valence-corrected chi connectivity index (χ2v) is 5.26. The molecular formula is C15H19F3N2O4. The topological polar surface area (TPSA) is 60.0 Å². The van der Waals surface area contributed by atoms with Crippen molar-refractivity contribution in [3.05, 3.63) is 29.8 Å². The molecule has 24 heavy (non-hydrogen) atoms. The molecule has 0 aromatic heterocycles. The predicted molar refractivity (Wildman–Crippen MR) is 78.4 cm³/mol. The van der Waals surface area contributed by atoms with E-state index in [2.05, 4.69) is 5.43 Å². The maximum absolute atomic E-state index is 12.6. The molecule has 1 heterocycles. The summed E-state index contributed by atoms with van der Waals surface area (Å²) in [7, 11) is 0. The molecule has 0 bridgehead atoms. The van der Waals surface area contributed by atoms with Gasteiger partial charge in [0.05, 0.1) is 18.8 Å². The highest BCUT2D eigenvalue weighted by molar-refractivity contribution is 5.66. The molecular weight excluding hydrogens is 329 g/mol. The minimum atomic E-state index is -4.43. The number of hydrazine groups is 1. The number of nitrogens with one attached hydrogen (secondary N) is 1. The zero-order chi connectivity index (χ0) is 17.6. The van der Waals surface area contributed by atoms with Gasteiger partial charge in [0.1, 0.15) is 18.5 Å². The van der Waals surface area contributed by atoms with Gasteiger partial charge >= 0.3 is 12.3 Å². The number of alkyl halides is 3. The maximum Gasteiger partial charge on any atom is 0.422 e. The maximum atomic E-state index is 12.6. The smallest absolute Gasteiger partial charge is 0.422 e. The van der Waals surface area contributed by atoms with Crippen LogP contribution < -0.4 is 10.2 Å². The van der Waals surface area contributed by atoms with Crippen LogP contribution in [0.4, 0.5) is 18.0 Å². The summed E-state index contributed by atoms with van der Waals surface area (Å²) in [6, 6.07) is 4.54. The van der Waals surface area contributed by atoms with Gasteiger partial charge in [-0.15, -0.1) is 0 Å². The van der Waals surface area contributed by atoms with E-state index in [1.165, 1.54) is 12.1 Å². The lowest BCUT2D eigenvalue weighted by Gasteiger charge is -2.27. The Morgan fingerprint density at radius 2 is 2.08 bits per heavy atom. The second-order valence-electron chi connectivity index (χ2n) is 5.26. The molecule has 1 amide bonds. The molecule has 9 heteroatoms. The molecule has 0 radical (unpaired) electrons. The first kappa shape index (κ1) is 18.3. The summed E-state index contributed by atoms with van der Waals surface area (Å²) in [6.45, 7) is 3.70. The molecule has 1 aliphatic heterocycles. The van der Waals surface area contributed by atoms with Crippen molar-refractivity contribution in [1.29, 1.82) is 0 Å². The van der Waals surface area contributed by atoms with Gasteiger partial charge < -0.3 is 14.2 Å². The highest BCUT2D eigenvalue weighted by atomic mass is 19.4. The molecule has 1 saturated heterocycles. The Labute approximate surface area is 137 Å². The van der Waals surface area contributed by atoms with E-state index in [9.17, 15) is 18.0 Å². The number of benzene rings is 1. The summed E-state index contributed by atoms with van der Waals surface area (Å²) in [5.41, 5.74) is 1.77. The van der Waals surface area contributed by atoms with Gasteiger partial charge in [-0.1, -0.05) is 6.07 Å². The van der Waals surface area contributed by atoms with E-state index in [0.717, 1.165) is 12.1 Å². The number of carbonyl (C=O) groups excluding carboxylic acids is 1. The fraction of sp³-hybridized carbons (Fsp3) is 0.533. The van der Waals surface area contributed by atoms with Crippen LogP contribution >= 0.6 is 0 Å². The Hall–Kier alpha value is -2.00. The number of ether oxygens (including phenoxy) is 3. The van der Waals surface area contributed by atoms with Gasteiger partial charge in [-0.05, 0) is 25.1 Å². The Balaban J connectivity index is 1.76. The number of rotatable bonds is 5. The fourth-order valence-electron chi connectivity index (χ4n) is 2.02. The summed E-state index contributed by atoms with van der Waals surface area (Å²) >= 11 is 0. The van der Waals surface area contributed by atoms with E-state index in [-0.39, 0.29) is 12.4 Å². The van der Waals surface area contributed by atoms with Crippen molar-refractivity contribution >= 4 is 6.09 Å². The Bertz CT molecular complexity index is 548. The highest BCUT2D eigenvalue weighted by Gasteiger charge is 2.30. The van der Waals surface area contributed by atoms with Gasteiger partial charge in [0.15, 0.2) is 0 Å². The van der Waals surface area contributed by atoms with E-state index in [1.807, 2.05) is 0 Å². The lowest BCUT2D eigenvalue weighted by molar-refractivity contribution is -0.137. The molecule has 1 fully saturated rings. The number of nitrogens with zero attached hydrogens (tertiary/aromatic N) is 1. The van der Waals surface area contributed by atoms with E-state index in [0.29, 0.717) is 26.3 Å². The molecule has 134 valence electrons. The predicted octanol–water partition coefficient (Wildman–Crippen LogP) is 2.45. The van der Waals surface area contributed by atoms with Gasteiger partial charge in [0, 0.05) is 13.1 Å². The molecule has 0 saturated carbocycles. The molecule has 0 spiro atoms. The lowest BCUT2D eigenvalue weighted by Crippen LogP contribution is -2.49. The summed E-state index contributed by atoms with van der Waals surface area (Å²) < 4.78 is 53.3. The second kappa shape index (κ2) is 8.20. The van der Waals surface area contributed by atoms with Crippen LogP contribution in [0.1, 0.15) is 12.5 Å². The van der Waals surface area contributed by atoms with Crippen molar-refractivity contribution in [2.75, 3.05) is 32.9 Å². The van der Waals surface area contributed by atoms with Gasteiger partial charge in [-0.3, -0.25) is 5.43 Å². The van der Waals surface area contributed by atoms with Crippen LogP contribution in [-0.4, -0.2) is 50.1 Å². The Kier molecular flexibility index (Phi) is 6.27. The first-order valence-electron chi connectivity index (χ1n) is 7.44. The van der Waals surface area contributed by atoms with Crippen molar-refractivity contribution in [3.63, 3.8) is 0 Å². The summed E-state index contributed by atoms with van der Waals surface area (Å²) in [6.07, 6.45) is -5.70. The minimum Gasteiger partial charge on any atom is -0.490 e. The summed E-state index contributed by atoms with van der Waals surface area (Å²) in [4.78, 5) is 11.7. The molecule has 1 aromatic rings. The fourth-order valence-corrected chi connectivity index (χ4v) is 2.02. The molecule has 6 nitrogen and oxygen atoms in total. The lowest BCUT2D eigenvalue weighted by atomic mass is 10.2. The zero-order valence-electron chi connectivity index (χ0n) is 13.1. The van der Waals surface area contributed by atoms with Crippen LogP contribution in [0.25, 0.3) is 0 Å². The largest absolute Gasteiger partial charge is 0.490 e. The number of halogens is 3. The van der Waals surface area contributed by atoms with E-state index >= 15 is 0 Å². The van der Waals surface area contributed by atoms with Crippen molar-refractivity contribution < 1.29 is 32.2 Å². The molecule has 1 aromatic carbocycles. The first-order valence-corrected chi connectivity index (χ1v) is 7.44. The van der Waals surface area contributed by atoms with E-state index in [1.54, 1.807) is 11.9 Å². The first-order chi connectivity index (χ1) is 11.3. The van der Waals surface area contributed by atoms with Crippen LogP contribution in [0.15, 0.2) is 24.3 Å². The Morgan fingerprint density at radius 3 is 2.75 bits per heavy atom. The molecule has 0 aliphatic carbocycles. The van der Waals surface area contributed by atoms with Crippen LogP contribution in [0, 0.1) is 0 Å². The van der Waals surface area contributed by atoms with Gasteiger partial charge in [-0.25, -0.2) is 9.80 Å². The van der Waals surface area contributed by atoms with Crippen LogP contribution in [-0.2, 0) is 15.7 Å². The van der Waals surface area contributed by atoms with Crippen LogP contribution in [0.5, 0.6) is 5.75 Å². The monoisotopic (exact) mass is 348 g/mol. The zero-order valence-corrected chi connectivity index (χ0v) is 13.1. The van der Waals surface area contributed by atoms with Crippen molar-refractivity contribution in [2.45, 2.75) is 19.2 Å². The quantitative estimate of drug-likeness (QED) is 0.886. The third-order valence-corrected chi connectivity index (χ3v) is 3.21. The van der Waals surface area contributed by atoms with Crippen LogP contribution in [0.3, 0.4) is 0 Å². The molecule has 2 rings (SSSR count). The van der Waals surface area contributed by atoms with Gasteiger partial charge in [0.2, 0.25) is 0 Å². The average Bonchev–Trinajstić information content (AvgIpc) is 2.53. The third-order valence-electron chi connectivity index (χ3n) is 3.21. The SMILES string of the molecule is CC(COc1cccc(C(F)(F)F)c1)OC(=O)NN1CCOCC1. The number of morpholine rings is 1. The molecule has 1 N–H and O–H groups in total. The van der Waals surface area contributed by atoms with Crippen molar-refractivity contribution in [1.82, 2.24) is 10.4 Å². The van der Waals surface area contributed by atoms with Gasteiger partial charge in [-0.2, -0.15) is 13.2 Å². The van der Waals surface area contributed by atoms with E-state index < -0.39 is 23.9 Å². The molecule has 1 atom stereocenters. The Morgan fingerprint density at radius 1 is 1.38 bits per heavy atom. The standard InChI is InChI=1S/C15H19F3N2O4/c1-11(24-14(21)19-20-5-7-22-8-6-20)10-23-13-4-2-3-12(9-13)15(16,17)18/h2-4,9,11H,5-8,10H2,1H3,(H,19,21). The van der Waals surface area contributed by atoms with Crippen molar-refractivity contribution in [2.24, 2.45) is 0 Å². The van der Waals surface area contributed by atoms with Crippen molar-refractivity contribution in [3.8, 4) is 5.75 Å². The average molecular weight is 348 g/mol.